The molecule has 35 heavy (non-hydrogen) atoms. The van der Waals surface area contributed by atoms with Crippen molar-refractivity contribution in [1.82, 2.24) is 4.90 Å². The summed E-state index contributed by atoms with van der Waals surface area (Å²) in [6, 6.07) is 23.7. The van der Waals surface area contributed by atoms with Gasteiger partial charge in [-0.25, -0.2) is 4.79 Å². The normalized spacial score (nSPS) is 12.6. The number of anilines is 1. The molecule has 0 unspecified atom stereocenters. The van der Waals surface area contributed by atoms with Crippen molar-refractivity contribution in [2.45, 2.75) is 4.90 Å². The number of aromatic carboxylic acids is 1. The zero-order valence-corrected chi connectivity index (χ0v) is 19.0. The number of nitrogens with one attached hydrogen (secondary N) is 1. The van der Waals surface area contributed by atoms with Gasteiger partial charge in [0.05, 0.1) is 22.6 Å². The van der Waals surface area contributed by atoms with Crippen LogP contribution in [0.4, 0.5) is 5.69 Å². The summed E-state index contributed by atoms with van der Waals surface area (Å²) < 4.78 is 0. The second-order valence-corrected chi connectivity index (χ2v) is 8.87. The average Bonchev–Trinajstić information content (AvgIpc) is 3.12. The van der Waals surface area contributed by atoms with Crippen LogP contribution in [0.25, 0.3) is 10.8 Å². The monoisotopic (exact) mass is 482 g/mol. The molecule has 0 aliphatic carbocycles. The molecule has 1 aliphatic rings. The van der Waals surface area contributed by atoms with Gasteiger partial charge in [0.15, 0.2) is 0 Å². The maximum atomic E-state index is 13.0. The fraction of sp³-hybridized carbons (Fsp3) is 0.0370. The number of rotatable bonds is 6. The van der Waals surface area contributed by atoms with Crippen molar-refractivity contribution in [2.24, 2.45) is 0 Å². The molecule has 0 saturated carbocycles. The van der Waals surface area contributed by atoms with Gasteiger partial charge in [-0.05, 0) is 53.9 Å². The van der Waals surface area contributed by atoms with E-state index >= 15 is 0 Å². The predicted molar refractivity (Wildman–Crippen MR) is 133 cm³/mol. The van der Waals surface area contributed by atoms with Gasteiger partial charge in [-0.3, -0.25) is 19.3 Å². The van der Waals surface area contributed by atoms with E-state index in [0.717, 1.165) is 4.90 Å². The molecule has 0 fully saturated rings. The smallest absolute Gasteiger partial charge is 0.336 e. The van der Waals surface area contributed by atoms with Gasteiger partial charge in [0, 0.05) is 21.5 Å². The molecule has 0 aromatic heterocycles. The van der Waals surface area contributed by atoms with Crippen LogP contribution in [0.5, 0.6) is 0 Å². The quantitative estimate of drug-likeness (QED) is 0.291. The zero-order chi connectivity index (χ0) is 24.5. The number of carboxylic acids is 1. The number of imide groups is 1. The second kappa shape index (κ2) is 9.08. The van der Waals surface area contributed by atoms with Gasteiger partial charge < -0.3 is 10.4 Å². The molecule has 8 heteroatoms. The van der Waals surface area contributed by atoms with Gasteiger partial charge in [0.2, 0.25) is 0 Å². The van der Waals surface area contributed by atoms with Gasteiger partial charge in [-0.15, -0.1) is 11.8 Å². The maximum Gasteiger partial charge on any atom is 0.336 e. The summed E-state index contributed by atoms with van der Waals surface area (Å²) in [5, 5.41) is 13.4. The van der Waals surface area contributed by atoms with E-state index in [1.807, 2.05) is 0 Å². The van der Waals surface area contributed by atoms with Crippen molar-refractivity contribution in [3.63, 3.8) is 0 Å². The lowest BCUT2D eigenvalue weighted by atomic mass is 9.98. The Bertz CT molecular complexity index is 1470. The second-order valence-electron chi connectivity index (χ2n) is 7.85. The summed E-state index contributed by atoms with van der Waals surface area (Å²) >= 11 is 1.33. The van der Waals surface area contributed by atoms with Crippen LogP contribution >= 0.6 is 11.8 Å². The van der Waals surface area contributed by atoms with E-state index in [9.17, 15) is 24.3 Å². The molecule has 0 bridgehead atoms. The summed E-state index contributed by atoms with van der Waals surface area (Å²) in [6.45, 7) is 0. The van der Waals surface area contributed by atoms with E-state index in [4.69, 9.17) is 0 Å². The molecule has 1 heterocycles. The van der Waals surface area contributed by atoms with Crippen LogP contribution in [0.3, 0.4) is 0 Å². The topological polar surface area (TPSA) is 104 Å². The fourth-order valence-corrected chi connectivity index (χ4v) is 4.88. The Morgan fingerprint density at radius 2 is 1.37 bits per heavy atom. The van der Waals surface area contributed by atoms with Gasteiger partial charge >= 0.3 is 5.97 Å². The van der Waals surface area contributed by atoms with Crippen LogP contribution in [0.15, 0.2) is 89.8 Å². The number of hydrogen-bond acceptors (Lipinski definition) is 5. The first-order valence-corrected chi connectivity index (χ1v) is 11.7. The Balaban J connectivity index is 1.28. The lowest BCUT2D eigenvalue weighted by Crippen LogP contribution is -2.29. The number of carbonyl (C=O) groups is 4. The summed E-state index contributed by atoms with van der Waals surface area (Å²) in [5.41, 5.74) is 1.69. The highest BCUT2D eigenvalue weighted by Crippen LogP contribution is 2.28. The first kappa shape index (κ1) is 22.4. The summed E-state index contributed by atoms with van der Waals surface area (Å²) in [4.78, 5) is 51.7. The van der Waals surface area contributed by atoms with Crippen LogP contribution in [-0.4, -0.2) is 39.6 Å². The van der Waals surface area contributed by atoms with Crippen molar-refractivity contribution >= 4 is 51.9 Å². The van der Waals surface area contributed by atoms with Crippen molar-refractivity contribution in [2.75, 3.05) is 11.2 Å². The van der Waals surface area contributed by atoms with Gasteiger partial charge in [0.1, 0.15) is 0 Å². The predicted octanol–water partition coefficient (Wildman–Crippen LogP) is 5.14. The van der Waals surface area contributed by atoms with Crippen LogP contribution < -0.4 is 5.32 Å². The van der Waals surface area contributed by atoms with E-state index in [0.29, 0.717) is 27.6 Å². The number of nitrogens with zero attached hydrogens (tertiary/aromatic N) is 1. The van der Waals surface area contributed by atoms with Gasteiger partial charge in [-0.1, -0.05) is 36.4 Å². The number of hydrogen-bond donors (Lipinski definition) is 2. The van der Waals surface area contributed by atoms with E-state index in [-0.39, 0.29) is 28.8 Å². The molecule has 5 rings (SSSR count). The molecule has 4 aromatic rings. The lowest BCUT2D eigenvalue weighted by molar-refractivity contribution is 0.0676. The van der Waals surface area contributed by atoms with Crippen molar-refractivity contribution < 1.29 is 24.3 Å². The Morgan fingerprint density at radius 3 is 1.97 bits per heavy atom. The Hall–Kier alpha value is -4.43. The minimum Gasteiger partial charge on any atom is -0.478 e. The SMILES string of the molecule is O=C(O)c1cccc2cccc(C(=O)Nc3ccc(SCN4C(=O)c5ccccc5C4=O)cc3)c12. The lowest BCUT2D eigenvalue weighted by Gasteiger charge is -2.13. The average molecular weight is 483 g/mol. The van der Waals surface area contributed by atoms with Crippen LogP contribution in [0.2, 0.25) is 0 Å². The fourth-order valence-electron chi connectivity index (χ4n) is 4.04. The summed E-state index contributed by atoms with van der Waals surface area (Å²) in [5.74, 6) is -1.96. The van der Waals surface area contributed by atoms with Crippen molar-refractivity contribution in [3.8, 4) is 0 Å². The van der Waals surface area contributed by atoms with Crippen LogP contribution in [0.1, 0.15) is 41.4 Å². The third kappa shape index (κ3) is 4.15. The molecule has 0 radical (unpaired) electrons. The highest BCUT2D eigenvalue weighted by molar-refractivity contribution is 7.99. The number of benzene rings is 4. The molecule has 1 aliphatic heterocycles. The molecular weight excluding hydrogens is 464 g/mol. The molecule has 7 nitrogen and oxygen atoms in total. The Kier molecular flexibility index (Phi) is 5.80. The highest BCUT2D eigenvalue weighted by Gasteiger charge is 2.34. The number of amides is 3. The molecular formula is C27H18N2O5S. The molecule has 3 amide bonds. The minimum atomic E-state index is -1.10. The van der Waals surface area contributed by atoms with E-state index in [1.165, 1.54) is 22.7 Å². The number of carboxylic acid groups (broad SMARTS) is 1. The molecule has 4 aromatic carbocycles. The number of thioether (sulfide) groups is 1. The maximum absolute atomic E-state index is 13.0. The number of fused-ring (bicyclic) bond motifs is 2. The van der Waals surface area contributed by atoms with Crippen molar-refractivity contribution in [3.05, 3.63) is 107 Å². The first-order chi connectivity index (χ1) is 16.9. The highest BCUT2D eigenvalue weighted by atomic mass is 32.2. The first-order valence-electron chi connectivity index (χ1n) is 10.7. The molecule has 0 spiro atoms. The Labute approximate surface area is 204 Å². The largest absolute Gasteiger partial charge is 0.478 e. The van der Waals surface area contributed by atoms with Gasteiger partial charge in [-0.2, -0.15) is 0 Å². The van der Waals surface area contributed by atoms with E-state index < -0.39 is 11.9 Å². The van der Waals surface area contributed by atoms with Gasteiger partial charge in [0.25, 0.3) is 17.7 Å². The van der Waals surface area contributed by atoms with Crippen molar-refractivity contribution in [1.29, 1.82) is 0 Å². The third-order valence-electron chi connectivity index (χ3n) is 5.73. The molecule has 2 N–H and O–H groups in total. The van der Waals surface area contributed by atoms with E-state index in [2.05, 4.69) is 5.32 Å². The van der Waals surface area contributed by atoms with Crippen LogP contribution in [-0.2, 0) is 0 Å². The molecule has 0 saturated heterocycles. The van der Waals surface area contributed by atoms with E-state index in [1.54, 1.807) is 78.9 Å². The Morgan fingerprint density at radius 1 is 0.771 bits per heavy atom. The molecule has 0 atom stereocenters. The summed E-state index contributed by atoms with van der Waals surface area (Å²) in [7, 11) is 0. The van der Waals surface area contributed by atoms with Crippen LogP contribution in [0, 0.1) is 0 Å². The third-order valence-corrected chi connectivity index (χ3v) is 6.72. The standard InChI is InChI=1S/C27H18N2O5S/c30-24(21-9-3-5-16-6-4-10-22(23(16)21)27(33)34)28-17-11-13-18(14-12-17)35-15-29-25(31)19-7-1-2-8-20(19)26(29)32/h1-14H,15H2,(H,28,30)(H,33,34). The zero-order valence-electron chi connectivity index (χ0n) is 18.2. The number of carbonyl (C=O) groups excluding carboxylic acids is 3. The summed E-state index contributed by atoms with van der Waals surface area (Å²) in [6.07, 6.45) is 0. The minimum absolute atomic E-state index is 0.0631. The molecule has 172 valence electrons.